The van der Waals surface area contributed by atoms with Gasteiger partial charge < -0.3 is 0 Å². The lowest BCUT2D eigenvalue weighted by Crippen LogP contribution is -2.17. The largest absolute Gasteiger partial charge is 0.267 e. The second kappa shape index (κ2) is 6.65. The minimum absolute atomic E-state index is 0.0847. The predicted molar refractivity (Wildman–Crippen MR) is 69.2 cm³/mol. The molecule has 0 rings (SSSR count). The molecular weight excluding hydrogens is 280 g/mol. The van der Waals surface area contributed by atoms with Crippen LogP contribution in [0.1, 0.15) is 27.2 Å². The van der Waals surface area contributed by atoms with E-state index in [1.807, 2.05) is 0 Å². The first-order valence-corrected chi connectivity index (χ1v) is 8.92. The van der Waals surface area contributed by atoms with Crippen LogP contribution in [0.15, 0.2) is 11.1 Å². The van der Waals surface area contributed by atoms with Crippen LogP contribution in [-0.2, 0) is 28.6 Å². The highest BCUT2D eigenvalue weighted by atomic mass is 32.2. The molecule has 0 radical (unpaired) electrons. The molecule has 1 atom stereocenters. The highest BCUT2D eigenvalue weighted by Crippen LogP contribution is 2.15. The van der Waals surface area contributed by atoms with Crippen LogP contribution in [0, 0.1) is 0 Å². The molecule has 8 heteroatoms. The van der Waals surface area contributed by atoms with E-state index in [0.717, 1.165) is 18.1 Å². The Morgan fingerprint density at radius 1 is 1.06 bits per heavy atom. The van der Waals surface area contributed by atoms with E-state index in [9.17, 15) is 16.8 Å². The van der Waals surface area contributed by atoms with E-state index in [1.165, 1.54) is 0 Å². The second-order valence-electron chi connectivity index (χ2n) is 4.38. The first-order valence-electron chi connectivity index (χ1n) is 5.28. The van der Waals surface area contributed by atoms with Crippen molar-refractivity contribution in [2.24, 2.45) is 0 Å². The molecule has 0 saturated heterocycles. The summed E-state index contributed by atoms with van der Waals surface area (Å²) in [5, 5.41) is 0. The monoisotopic (exact) mass is 300 g/mol. The molecule has 1 unspecified atom stereocenters. The van der Waals surface area contributed by atoms with Crippen LogP contribution in [0.5, 0.6) is 0 Å². The molecule has 0 aromatic heterocycles. The lowest BCUT2D eigenvalue weighted by molar-refractivity contribution is 0.224. The highest BCUT2D eigenvalue weighted by Gasteiger charge is 2.15. The maximum atomic E-state index is 10.9. The molecule has 6 nitrogen and oxygen atoms in total. The highest BCUT2D eigenvalue weighted by molar-refractivity contribution is 7.86. The molecular formula is C10H20O6S2. The fourth-order valence-electron chi connectivity index (χ4n) is 1.26. The van der Waals surface area contributed by atoms with Crippen molar-refractivity contribution in [1.29, 1.82) is 0 Å². The Labute approximate surface area is 109 Å². The van der Waals surface area contributed by atoms with Crippen molar-refractivity contribution in [2.45, 2.75) is 33.3 Å². The molecule has 0 aliphatic rings. The molecule has 0 N–H and O–H groups in total. The molecule has 0 spiro atoms. The zero-order valence-electron chi connectivity index (χ0n) is 11.3. The van der Waals surface area contributed by atoms with Gasteiger partial charge in [-0.1, -0.05) is 5.57 Å². The molecule has 0 aromatic rings. The lowest BCUT2D eigenvalue weighted by atomic mass is 10.1. The van der Waals surface area contributed by atoms with Crippen molar-refractivity contribution < 1.29 is 25.2 Å². The van der Waals surface area contributed by atoms with Crippen LogP contribution in [0.3, 0.4) is 0 Å². The summed E-state index contributed by atoms with van der Waals surface area (Å²) in [5.41, 5.74) is 1.58. The minimum atomic E-state index is -3.52. The Hall–Kier alpha value is -0.440. The van der Waals surface area contributed by atoms with Gasteiger partial charge in [-0.15, -0.1) is 0 Å². The van der Waals surface area contributed by atoms with E-state index in [1.54, 1.807) is 20.8 Å². The zero-order chi connectivity index (χ0) is 14.6. The summed E-state index contributed by atoms with van der Waals surface area (Å²) in [7, 11) is -7.04. The summed E-state index contributed by atoms with van der Waals surface area (Å²) in [6.07, 6.45) is 1.67. The summed E-state index contributed by atoms with van der Waals surface area (Å²) in [4.78, 5) is 0. The van der Waals surface area contributed by atoms with E-state index in [-0.39, 0.29) is 6.61 Å². The second-order valence-corrected chi connectivity index (χ2v) is 7.63. The van der Waals surface area contributed by atoms with Gasteiger partial charge in [-0.25, -0.2) is 0 Å². The van der Waals surface area contributed by atoms with Gasteiger partial charge in [-0.3, -0.25) is 8.37 Å². The van der Waals surface area contributed by atoms with Gasteiger partial charge in [0.05, 0.1) is 25.2 Å². The van der Waals surface area contributed by atoms with Crippen LogP contribution in [0.2, 0.25) is 0 Å². The van der Waals surface area contributed by atoms with Gasteiger partial charge >= 0.3 is 0 Å². The van der Waals surface area contributed by atoms with E-state index < -0.39 is 26.3 Å². The molecule has 0 amide bonds. The van der Waals surface area contributed by atoms with Gasteiger partial charge in [0.15, 0.2) is 0 Å². The Morgan fingerprint density at radius 3 is 1.89 bits per heavy atom. The predicted octanol–water partition coefficient (Wildman–Crippen LogP) is 1.05. The Morgan fingerprint density at radius 2 is 1.56 bits per heavy atom. The van der Waals surface area contributed by atoms with E-state index in [4.69, 9.17) is 8.37 Å². The van der Waals surface area contributed by atoms with Crippen LogP contribution in [0.25, 0.3) is 0 Å². The van der Waals surface area contributed by atoms with Crippen molar-refractivity contribution in [3.05, 3.63) is 11.1 Å². The van der Waals surface area contributed by atoms with Crippen molar-refractivity contribution in [3.8, 4) is 0 Å². The first kappa shape index (κ1) is 17.6. The zero-order valence-corrected chi connectivity index (χ0v) is 12.9. The Kier molecular flexibility index (Phi) is 6.48. The molecule has 0 aliphatic heterocycles. The van der Waals surface area contributed by atoms with Crippen LogP contribution >= 0.6 is 0 Å². The van der Waals surface area contributed by atoms with Crippen molar-refractivity contribution in [3.63, 3.8) is 0 Å². The van der Waals surface area contributed by atoms with Gasteiger partial charge in [0.2, 0.25) is 0 Å². The van der Waals surface area contributed by atoms with Crippen LogP contribution < -0.4 is 0 Å². The standard InChI is InChI=1S/C10H20O6S2/c1-8(2)10(7-15-17(4,11)12)6-9(3)16-18(5,13)14/h9H,6-7H2,1-5H3. The maximum Gasteiger partial charge on any atom is 0.264 e. The number of rotatable bonds is 7. The molecule has 0 fully saturated rings. The SMILES string of the molecule is CC(C)=C(COS(C)(=O)=O)CC(C)OS(C)(=O)=O. The van der Waals surface area contributed by atoms with E-state index in [2.05, 4.69) is 0 Å². The fourth-order valence-corrected chi connectivity index (χ4v) is 2.29. The van der Waals surface area contributed by atoms with Gasteiger partial charge in [0, 0.05) is 0 Å². The van der Waals surface area contributed by atoms with Gasteiger partial charge in [0.1, 0.15) is 0 Å². The topological polar surface area (TPSA) is 86.7 Å². The normalized spacial score (nSPS) is 14.3. The minimum Gasteiger partial charge on any atom is -0.267 e. The average molecular weight is 300 g/mol. The Balaban J connectivity index is 4.63. The molecule has 0 saturated carbocycles. The van der Waals surface area contributed by atoms with Gasteiger partial charge in [-0.05, 0) is 32.8 Å². The number of hydrogen-bond donors (Lipinski definition) is 0. The fraction of sp³-hybridized carbons (Fsp3) is 0.800. The third-order valence-corrected chi connectivity index (χ3v) is 3.25. The number of hydrogen-bond acceptors (Lipinski definition) is 6. The summed E-state index contributed by atoms with van der Waals surface area (Å²) in [5.74, 6) is 0. The van der Waals surface area contributed by atoms with E-state index in [0.29, 0.717) is 12.0 Å². The summed E-state index contributed by atoms with van der Waals surface area (Å²) in [6, 6.07) is 0. The van der Waals surface area contributed by atoms with E-state index >= 15 is 0 Å². The molecule has 18 heavy (non-hydrogen) atoms. The molecule has 0 heterocycles. The van der Waals surface area contributed by atoms with Crippen LogP contribution in [0.4, 0.5) is 0 Å². The van der Waals surface area contributed by atoms with Crippen molar-refractivity contribution in [1.82, 2.24) is 0 Å². The quantitative estimate of drug-likeness (QED) is 0.516. The third kappa shape index (κ3) is 9.58. The number of allylic oxidation sites excluding steroid dienone is 1. The summed E-state index contributed by atoms with van der Waals surface area (Å²) < 4.78 is 53.2. The average Bonchev–Trinajstić information content (AvgIpc) is 2.06. The third-order valence-electron chi connectivity index (χ3n) is 2.03. The molecule has 0 bridgehead atoms. The van der Waals surface area contributed by atoms with Crippen LogP contribution in [-0.4, -0.2) is 42.1 Å². The Bertz CT molecular complexity index is 496. The lowest BCUT2D eigenvalue weighted by Gasteiger charge is -2.15. The van der Waals surface area contributed by atoms with Gasteiger partial charge in [-0.2, -0.15) is 16.8 Å². The summed E-state index contributed by atoms with van der Waals surface area (Å²) >= 11 is 0. The van der Waals surface area contributed by atoms with Crippen molar-refractivity contribution in [2.75, 3.05) is 19.1 Å². The molecule has 108 valence electrons. The van der Waals surface area contributed by atoms with Gasteiger partial charge in [0.25, 0.3) is 20.2 Å². The molecule has 0 aromatic carbocycles. The first-order chi connectivity index (χ1) is 7.91. The maximum absolute atomic E-state index is 10.9. The van der Waals surface area contributed by atoms with Crippen molar-refractivity contribution >= 4 is 20.2 Å². The smallest absolute Gasteiger partial charge is 0.264 e. The summed E-state index contributed by atoms with van der Waals surface area (Å²) in [6.45, 7) is 5.12. The molecule has 0 aliphatic carbocycles.